The Labute approximate surface area is 141 Å². The Morgan fingerprint density at radius 3 is 2.50 bits per heavy atom. The van der Waals surface area contributed by atoms with Gasteiger partial charge in [-0.1, -0.05) is 0 Å². The van der Waals surface area contributed by atoms with Crippen molar-refractivity contribution >= 4 is 23.2 Å². The third-order valence-electron chi connectivity index (χ3n) is 3.77. The number of anilines is 2. The molecule has 0 unspecified atom stereocenters. The first-order valence-electron chi connectivity index (χ1n) is 8.02. The normalized spacial score (nSPS) is 10.3. The van der Waals surface area contributed by atoms with Crippen LogP contribution in [0.4, 0.5) is 11.4 Å². The molecule has 2 aromatic rings. The highest BCUT2D eigenvalue weighted by molar-refractivity contribution is 5.98. The zero-order valence-corrected chi connectivity index (χ0v) is 14.3. The smallest absolute Gasteiger partial charge is 0.287 e. The summed E-state index contributed by atoms with van der Waals surface area (Å²) in [5.41, 5.74) is 2.84. The van der Waals surface area contributed by atoms with Crippen molar-refractivity contribution in [1.29, 1.82) is 0 Å². The van der Waals surface area contributed by atoms with E-state index in [0.29, 0.717) is 0 Å². The molecule has 0 aliphatic carbocycles. The van der Waals surface area contributed by atoms with Crippen molar-refractivity contribution in [1.82, 2.24) is 5.32 Å². The topological polar surface area (TPSA) is 74.6 Å². The van der Waals surface area contributed by atoms with Crippen LogP contribution in [0.3, 0.4) is 0 Å². The lowest BCUT2D eigenvalue weighted by Gasteiger charge is -2.22. The van der Waals surface area contributed by atoms with E-state index in [1.165, 1.54) is 6.26 Å². The first-order chi connectivity index (χ1) is 11.5. The van der Waals surface area contributed by atoms with Crippen LogP contribution in [0.15, 0.2) is 41.0 Å². The van der Waals surface area contributed by atoms with Gasteiger partial charge in [-0.05, 0) is 56.7 Å². The lowest BCUT2D eigenvalue weighted by Crippen LogP contribution is -2.32. The summed E-state index contributed by atoms with van der Waals surface area (Å²) in [7, 11) is 0. The van der Waals surface area contributed by atoms with Gasteiger partial charge in [0.25, 0.3) is 5.91 Å². The minimum absolute atomic E-state index is 0.114. The van der Waals surface area contributed by atoms with Gasteiger partial charge >= 0.3 is 0 Å². The molecule has 1 aromatic heterocycles. The van der Waals surface area contributed by atoms with Gasteiger partial charge in [0.05, 0.1) is 12.8 Å². The summed E-state index contributed by atoms with van der Waals surface area (Å²) in [6.45, 7) is 7.91. The van der Waals surface area contributed by atoms with Gasteiger partial charge in [0.2, 0.25) is 5.91 Å². The molecule has 128 valence electrons. The molecule has 1 aromatic carbocycles. The summed E-state index contributed by atoms with van der Waals surface area (Å²) in [6.07, 6.45) is 1.41. The summed E-state index contributed by atoms with van der Waals surface area (Å²) in [5.74, 6) is -0.514. The minimum atomic E-state index is -0.413. The quantitative estimate of drug-likeness (QED) is 0.819. The average molecular weight is 329 g/mol. The molecular formula is C18H23N3O3. The van der Waals surface area contributed by atoms with E-state index in [1.807, 2.05) is 25.1 Å². The standard InChI is InChI=1S/C18H23N3O3/c1-4-21(5-2)14-8-9-15(13(3)11-14)20-17(22)12-19-18(23)16-7-6-10-24-16/h6-11H,4-5,12H2,1-3H3,(H,19,23)(H,20,22). The molecule has 0 saturated carbocycles. The fourth-order valence-corrected chi connectivity index (χ4v) is 2.42. The Hall–Kier alpha value is -2.76. The monoisotopic (exact) mass is 329 g/mol. The molecule has 1 heterocycles. The van der Waals surface area contributed by atoms with Gasteiger partial charge in [-0.15, -0.1) is 0 Å². The summed E-state index contributed by atoms with van der Waals surface area (Å²) in [5, 5.41) is 5.33. The molecule has 0 radical (unpaired) electrons. The Kier molecular flexibility index (Phi) is 6.01. The zero-order chi connectivity index (χ0) is 17.5. The highest BCUT2D eigenvalue weighted by Gasteiger charge is 2.11. The number of carbonyl (C=O) groups is 2. The highest BCUT2D eigenvalue weighted by atomic mass is 16.3. The van der Waals surface area contributed by atoms with Gasteiger partial charge in [-0.3, -0.25) is 9.59 Å². The van der Waals surface area contributed by atoms with Crippen LogP contribution >= 0.6 is 0 Å². The first-order valence-corrected chi connectivity index (χ1v) is 8.02. The number of nitrogens with one attached hydrogen (secondary N) is 2. The molecule has 0 aliphatic heterocycles. The van der Waals surface area contributed by atoms with E-state index in [1.54, 1.807) is 12.1 Å². The summed E-state index contributed by atoms with van der Waals surface area (Å²) < 4.78 is 4.97. The number of amides is 2. The molecule has 2 rings (SSSR count). The van der Waals surface area contributed by atoms with Crippen LogP contribution in [0.2, 0.25) is 0 Å². The number of aryl methyl sites for hydroxylation is 1. The maximum atomic E-state index is 12.0. The molecule has 0 spiro atoms. The second kappa shape index (κ2) is 8.19. The lowest BCUT2D eigenvalue weighted by molar-refractivity contribution is -0.115. The summed E-state index contributed by atoms with van der Waals surface area (Å²) in [4.78, 5) is 26.0. The molecule has 2 N–H and O–H groups in total. The molecule has 0 fully saturated rings. The largest absolute Gasteiger partial charge is 0.459 e. The van der Waals surface area contributed by atoms with Crippen LogP contribution in [0.1, 0.15) is 30.0 Å². The predicted octanol–water partition coefficient (Wildman–Crippen LogP) is 2.80. The first kappa shape index (κ1) is 17.6. The highest BCUT2D eigenvalue weighted by Crippen LogP contribution is 2.22. The van der Waals surface area contributed by atoms with Crippen LogP contribution in [0.25, 0.3) is 0 Å². The van der Waals surface area contributed by atoms with Gasteiger partial charge in [0.15, 0.2) is 5.76 Å². The van der Waals surface area contributed by atoms with Gasteiger partial charge in [0, 0.05) is 24.5 Å². The third kappa shape index (κ3) is 4.38. The summed E-state index contributed by atoms with van der Waals surface area (Å²) >= 11 is 0. The molecule has 24 heavy (non-hydrogen) atoms. The van der Waals surface area contributed by atoms with Crippen molar-refractivity contribution in [2.75, 3.05) is 29.9 Å². The maximum Gasteiger partial charge on any atom is 0.287 e. The number of hydrogen-bond donors (Lipinski definition) is 2. The number of rotatable bonds is 7. The third-order valence-corrected chi connectivity index (χ3v) is 3.77. The van der Waals surface area contributed by atoms with Gasteiger partial charge < -0.3 is 20.0 Å². The van der Waals surface area contributed by atoms with Crippen molar-refractivity contribution in [3.05, 3.63) is 47.9 Å². The Morgan fingerprint density at radius 1 is 1.17 bits per heavy atom. The number of furan rings is 1. The molecule has 6 nitrogen and oxygen atoms in total. The number of carbonyl (C=O) groups excluding carboxylic acids is 2. The lowest BCUT2D eigenvalue weighted by atomic mass is 10.1. The molecular weight excluding hydrogens is 306 g/mol. The van der Waals surface area contributed by atoms with E-state index < -0.39 is 5.91 Å². The number of hydrogen-bond acceptors (Lipinski definition) is 4. The van der Waals surface area contributed by atoms with E-state index >= 15 is 0 Å². The molecule has 0 atom stereocenters. The Bertz CT molecular complexity index is 692. The molecule has 2 amide bonds. The molecule has 0 saturated heterocycles. The van der Waals surface area contributed by atoms with E-state index in [9.17, 15) is 9.59 Å². The van der Waals surface area contributed by atoms with Gasteiger partial charge in [0.1, 0.15) is 0 Å². The second-order valence-corrected chi connectivity index (χ2v) is 5.38. The zero-order valence-electron chi connectivity index (χ0n) is 14.3. The van der Waals surface area contributed by atoms with Crippen molar-refractivity contribution in [3.63, 3.8) is 0 Å². The average Bonchev–Trinajstić information content (AvgIpc) is 3.11. The van der Waals surface area contributed by atoms with Crippen LogP contribution in [0, 0.1) is 6.92 Å². The van der Waals surface area contributed by atoms with E-state index in [4.69, 9.17) is 4.42 Å². The van der Waals surface area contributed by atoms with Gasteiger partial charge in [-0.25, -0.2) is 0 Å². The fraction of sp³-hybridized carbons (Fsp3) is 0.333. The Balaban J connectivity index is 1.93. The fourth-order valence-electron chi connectivity index (χ4n) is 2.42. The molecule has 0 bridgehead atoms. The number of nitrogens with zero attached hydrogens (tertiary/aromatic N) is 1. The Morgan fingerprint density at radius 2 is 1.92 bits per heavy atom. The van der Waals surface area contributed by atoms with Gasteiger partial charge in [-0.2, -0.15) is 0 Å². The molecule has 6 heteroatoms. The summed E-state index contributed by atoms with van der Waals surface area (Å²) in [6, 6.07) is 9.08. The predicted molar refractivity (Wildman–Crippen MR) is 94.4 cm³/mol. The van der Waals surface area contributed by atoms with Crippen molar-refractivity contribution in [3.8, 4) is 0 Å². The SMILES string of the molecule is CCN(CC)c1ccc(NC(=O)CNC(=O)c2ccco2)c(C)c1. The number of benzene rings is 1. The second-order valence-electron chi connectivity index (χ2n) is 5.38. The van der Waals surface area contributed by atoms with Crippen LogP contribution in [0.5, 0.6) is 0 Å². The molecule has 0 aliphatic rings. The van der Waals surface area contributed by atoms with Crippen LogP contribution < -0.4 is 15.5 Å². The van der Waals surface area contributed by atoms with E-state index in [2.05, 4.69) is 29.4 Å². The minimum Gasteiger partial charge on any atom is -0.459 e. The van der Waals surface area contributed by atoms with Crippen molar-refractivity contribution < 1.29 is 14.0 Å². The van der Waals surface area contributed by atoms with Crippen molar-refractivity contribution in [2.24, 2.45) is 0 Å². The van der Waals surface area contributed by atoms with Crippen LogP contribution in [-0.4, -0.2) is 31.4 Å². The van der Waals surface area contributed by atoms with E-state index in [0.717, 1.165) is 30.0 Å². The van der Waals surface area contributed by atoms with Crippen molar-refractivity contribution in [2.45, 2.75) is 20.8 Å². The maximum absolute atomic E-state index is 12.0. The van der Waals surface area contributed by atoms with Crippen LogP contribution in [-0.2, 0) is 4.79 Å². The van der Waals surface area contributed by atoms with E-state index in [-0.39, 0.29) is 18.2 Å².